The van der Waals surface area contributed by atoms with Gasteiger partial charge >= 0.3 is 0 Å². The van der Waals surface area contributed by atoms with Crippen LogP contribution >= 0.6 is 12.4 Å². The number of para-hydroxylation sites is 1. The van der Waals surface area contributed by atoms with E-state index in [-0.39, 0.29) is 24.4 Å². The van der Waals surface area contributed by atoms with Crippen LogP contribution in [0, 0.1) is 0 Å². The van der Waals surface area contributed by atoms with Crippen LogP contribution in [0.5, 0.6) is 0 Å². The molecule has 0 bridgehead atoms. The summed E-state index contributed by atoms with van der Waals surface area (Å²) in [6.07, 6.45) is 0. The van der Waals surface area contributed by atoms with E-state index in [1.54, 1.807) is 7.11 Å². The quantitative estimate of drug-likeness (QED) is 0.761. The Labute approximate surface area is 127 Å². The van der Waals surface area contributed by atoms with Gasteiger partial charge in [0.1, 0.15) is 0 Å². The molecule has 1 unspecified atom stereocenters. The third kappa shape index (κ3) is 5.90. The van der Waals surface area contributed by atoms with Crippen LogP contribution in [0.3, 0.4) is 0 Å². The lowest BCUT2D eigenvalue weighted by atomic mass is 10.0. The molecule has 0 saturated carbocycles. The largest absolute Gasteiger partial charge is 0.383 e. The molecular weight excluding hydrogens is 276 g/mol. The van der Waals surface area contributed by atoms with E-state index >= 15 is 0 Å². The molecule has 2 N–H and O–H groups in total. The molecule has 114 valence electrons. The van der Waals surface area contributed by atoms with E-state index in [0.29, 0.717) is 19.1 Å². The van der Waals surface area contributed by atoms with Crippen LogP contribution in [0.1, 0.15) is 32.3 Å². The molecule has 0 aliphatic rings. The van der Waals surface area contributed by atoms with E-state index in [0.717, 1.165) is 11.3 Å². The first-order valence-corrected chi connectivity index (χ1v) is 6.68. The summed E-state index contributed by atoms with van der Waals surface area (Å²) in [6, 6.07) is 7.67. The van der Waals surface area contributed by atoms with Gasteiger partial charge in [-0.3, -0.25) is 4.79 Å². The van der Waals surface area contributed by atoms with E-state index in [4.69, 9.17) is 4.74 Å². The number of methoxy groups -OCH3 is 1. The molecule has 4 nitrogen and oxygen atoms in total. The smallest absolute Gasteiger partial charge is 0.241 e. The number of rotatable bonds is 7. The highest BCUT2D eigenvalue weighted by molar-refractivity contribution is 5.95. The second kappa shape index (κ2) is 9.75. The lowest BCUT2D eigenvalue weighted by molar-refractivity contribution is -0.117. The minimum atomic E-state index is -0.240. The topological polar surface area (TPSA) is 50.4 Å². The summed E-state index contributed by atoms with van der Waals surface area (Å²) in [5, 5.41) is 6.09. The maximum atomic E-state index is 12.1. The van der Waals surface area contributed by atoms with Gasteiger partial charge in [-0.05, 0) is 24.5 Å². The van der Waals surface area contributed by atoms with E-state index < -0.39 is 0 Å². The van der Waals surface area contributed by atoms with Gasteiger partial charge < -0.3 is 15.4 Å². The van der Waals surface area contributed by atoms with Crippen LogP contribution in [0.4, 0.5) is 5.69 Å². The molecule has 0 aliphatic carbocycles. The van der Waals surface area contributed by atoms with Crippen LogP contribution in [-0.2, 0) is 9.53 Å². The molecular formula is C15H25ClN2O2. The van der Waals surface area contributed by atoms with Crippen molar-refractivity contribution in [2.24, 2.45) is 0 Å². The summed E-state index contributed by atoms with van der Waals surface area (Å²) in [5.41, 5.74) is 2.04. The summed E-state index contributed by atoms with van der Waals surface area (Å²) in [4.78, 5) is 12.1. The third-order valence-corrected chi connectivity index (χ3v) is 2.99. The molecule has 1 atom stereocenters. The fourth-order valence-corrected chi connectivity index (χ4v) is 1.83. The fourth-order valence-electron chi connectivity index (χ4n) is 1.83. The maximum absolute atomic E-state index is 12.1. The minimum Gasteiger partial charge on any atom is -0.383 e. The molecule has 0 radical (unpaired) electrons. The summed E-state index contributed by atoms with van der Waals surface area (Å²) >= 11 is 0. The third-order valence-electron chi connectivity index (χ3n) is 2.99. The highest BCUT2D eigenvalue weighted by Gasteiger charge is 2.14. The van der Waals surface area contributed by atoms with Crippen LogP contribution in [0.15, 0.2) is 24.3 Å². The van der Waals surface area contributed by atoms with Crippen LogP contribution in [0.2, 0.25) is 0 Å². The van der Waals surface area contributed by atoms with Crippen molar-refractivity contribution in [2.45, 2.75) is 32.7 Å². The second-order valence-corrected chi connectivity index (χ2v) is 4.90. The monoisotopic (exact) mass is 300 g/mol. The number of carbonyl (C=O) groups excluding carboxylic acids is 1. The SMILES string of the molecule is COCCNC(C)C(=O)Nc1ccccc1C(C)C.Cl. The Bertz CT molecular complexity index is 411. The molecule has 0 fully saturated rings. The average molecular weight is 301 g/mol. The summed E-state index contributed by atoms with van der Waals surface area (Å²) in [6.45, 7) is 7.34. The van der Waals surface area contributed by atoms with Crippen molar-refractivity contribution >= 4 is 24.0 Å². The Hall–Kier alpha value is -1.10. The Morgan fingerprint density at radius 1 is 1.25 bits per heavy atom. The normalized spacial score (nSPS) is 11.8. The van der Waals surface area contributed by atoms with Gasteiger partial charge in [0.05, 0.1) is 12.6 Å². The van der Waals surface area contributed by atoms with Gasteiger partial charge in [-0.25, -0.2) is 0 Å². The van der Waals surface area contributed by atoms with Crippen molar-refractivity contribution < 1.29 is 9.53 Å². The Balaban J connectivity index is 0.00000361. The molecule has 0 aliphatic heterocycles. The highest BCUT2D eigenvalue weighted by atomic mass is 35.5. The second-order valence-electron chi connectivity index (χ2n) is 4.90. The van der Waals surface area contributed by atoms with Gasteiger partial charge in [-0.1, -0.05) is 32.0 Å². The first-order valence-electron chi connectivity index (χ1n) is 6.68. The summed E-state index contributed by atoms with van der Waals surface area (Å²) in [5.74, 6) is 0.359. The molecule has 1 rings (SSSR count). The Morgan fingerprint density at radius 3 is 2.50 bits per heavy atom. The van der Waals surface area contributed by atoms with Crippen LogP contribution < -0.4 is 10.6 Å². The first-order chi connectivity index (χ1) is 9.06. The minimum absolute atomic E-state index is 0. The number of anilines is 1. The molecule has 1 amide bonds. The number of ether oxygens (including phenoxy) is 1. The molecule has 0 aromatic heterocycles. The summed E-state index contributed by atoms with van der Waals surface area (Å²) < 4.78 is 4.95. The van der Waals surface area contributed by atoms with Crippen molar-refractivity contribution in [2.75, 3.05) is 25.6 Å². The molecule has 0 spiro atoms. The van der Waals surface area contributed by atoms with Gasteiger partial charge in [0, 0.05) is 19.3 Å². The molecule has 20 heavy (non-hydrogen) atoms. The number of hydrogen-bond donors (Lipinski definition) is 2. The molecule has 5 heteroatoms. The lowest BCUT2D eigenvalue weighted by Crippen LogP contribution is -2.39. The number of nitrogens with one attached hydrogen (secondary N) is 2. The van der Waals surface area contributed by atoms with E-state index in [9.17, 15) is 4.79 Å². The van der Waals surface area contributed by atoms with Gasteiger partial charge in [0.15, 0.2) is 0 Å². The predicted octanol–water partition coefficient (Wildman–Crippen LogP) is 2.79. The lowest BCUT2D eigenvalue weighted by Gasteiger charge is -2.17. The molecule has 0 saturated heterocycles. The number of halogens is 1. The average Bonchev–Trinajstić information content (AvgIpc) is 2.39. The highest BCUT2D eigenvalue weighted by Crippen LogP contribution is 2.23. The number of amides is 1. The van der Waals surface area contributed by atoms with Crippen molar-refractivity contribution in [3.8, 4) is 0 Å². The molecule has 1 aromatic carbocycles. The summed E-state index contributed by atoms with van der Waals surface area (Å²) in [7, 11) is 1.64. The van der Waals surface area contributed by atoms with Gasteiger partial charge in [-0.2, -0.15) is 0 Å². The van der Waals surface area contributed by atoms with Gasteiger partial charge in [-0.15, -0.1) is 12.4 Å². The number of benzene rings is 1. The van der Waals surface area contributed by atoms with Crippen molar-refractivity contribution in [1.29, 1.82) is 0 Å². The Morgan fingerprint density at radius 2 is 1.90 bits per heavy atom. The standard InChI is InChI=1S/C15H24N2O2.ClH/c1-11(2)13-7-5-6-8-14(13)17-15(18)12(3)16-9-10-19-4;/h5-8,11-12,16H,9-10H2,1-4H3,(H,17,18);1H. The van der Waals surface area contributed by atoms with Crippen molar-refractivity contribution in [3.63, 3.8) is 0 Å². The van der Waals surface area contributed by atoms with Gasteiger partial charge in [0.2, 0.25) is 5.91 Å². The zero-order chi connectivity index (χ0) is 14.3. The van der Waals surface area contributed by atoms with Gasteiger partial charge in [0.25, 0.3) is 0 Å². The van der Waals surface area contributed by atoms with E-state index in [1.807, 2.05) is 31.2 Å². The van der Waals surface area contributed by atoms with Crippen LogP contribution in [0.25, 0.3) is 0 Å². The number of hydrogen-bond acceptors (Lipinski definition) is 3. The fraction of sp³-hybridized carbons (Fsp3) is 0.533. The van der Waals surface area contributed by atoms with Crippen molar-refractivity contribution in [1.82, 2.24) is 5.32 Å². The zero-order valence-electron chi connectivity index (χ0n) is 12.6. The predicted molar refractivity (Wildman–Crippen MR) is 85.7 cm³/mol. The maximum Gasteiger partial charge on any atom is 0.241 e. The van der Waals surface area contributed by atoms with E-state index in [1.165, 1.54) is 0 Å². The zero-order valence-corrected chi connectivity index (χ0v) is 13.4. The first kappa shape index (κ1) is 18.9. The molecule has 1 aromatic rings. The Kier molecular flexibility index (Phi) is 9.21. The van der Waals surface area contributed by atoms with E-state index in [2.05, 4.69) is 24.5 Å². The van der Waals surface area contributed by atoms with Crippen LogP contribution in [-0.4, -0.2) is 32.2 Å². The number of carbonyl (C=O) groups is 1. The van der Waals surface area contributed by atoms with Crippen molar-refractivity contribution in [3.05, 3.63) is 29.8 Å². The molecule has 0 heterocycles.